The molecule has 0 radical (unpaired) electrons. The first-order valence-electron chi connectivity index (χ1n) is 11.2. The number of nitrogens with zero attached hydrogens (tertiary/aromatic N) is 3. The van der Waals surface area contributed by atoms with E-state index < -0.39 is 13.7 Å². The van der Waals surface area contributed by atoms with E-state index in [9.17, 15) is 4.79 Å². The van der Waals surface area contributed by atoms with E-state index in [0.29, 0.717) is 19.9 Å². The number of rotatable bonds is 7. The number of hydrogen-bond acceptors (Lipinski definition) is 5. The van der Waals surface area contributed by atoms with Gasteiger partial charge in [0.1, 0.15) is 23.9 Å². The summed E-state index contributed by atoms with van der Waals surface area (Å²) in [5.74, 6) is 1.57. The van der Waals surface area contributed by atoms with Crippen LogP contribution in [-0.4, -0.2) is 54.5 Å². The molecule has 1 aliphatic rings. The van der Waals surface area contributed by atoms with Crippen LogP contribution < -0.4 is 4.74 Å². The summed E-state index contributed by atoms with van der Waals surface area (Å²) in [6.45, 7) is 14.5. The minimum Gasteiger partial charge on any atom is -0.495 e. The first-order valence-corrected chi connectivity index (χ1v) is 15.7. The van der Waals surface area contributed by atoms with Crippen molar-refractivity contribution in [2.45, 2.75) is 77.7 Å². The largest absolute Gasteiger partial charge is 0.495 e. The van der Waals surface area contributed by atoms with Crippen molar-refractivity contribution in [3.8, 4) is 5.75 Å². The third-order valence-corrected chi connectivity index (χ3v) is 7.77. The van der Waals surface area contributed by atoms with Crippen molar-refractivity contribution in [1.82, 2.24) is 14.5 Å². The topological polar surface area (TPSA) is 65.8 Å². The van der Waals surface area contributed by atoms with Gasteiger partial charge in [-0.25, -0.2) is 9.78 Å². The van der Waals surface area contributed by atoms with Crippen LogP contribution in [0.2, 0.25) is 25.7 Å². The highest BCUT2D eigenvalue weighted by Gasteiger charge is 2.36. The Morgan fingerprint density at radius 3 is 2.62 bits per heavy atom. The third kappa shape index (κ3) is 6.05. The summed E-state index contributed by atoms with van der Waals surface area (Å²) in [5, 5.41) is 0. The van der Waals surface area contributed by atoms with Crippen molar-refractivity contribution < 1.29 is 19.0 Å². The molecule has 32 heavy (non-hydrogen) atoms. The smallest absolute Gasteiger partial charge is 0.410 e. The SMILES string of the molecule is COc1cc2c(cc1Br)nc(C1CCCN1C(=O)OC(C)(C)C)n2COCC[Si](C)(C)C. The predicted molar refractivity (Wildman–Crippen MR) is 133 cm³/mol. The van der Waals surface area contributed by atoms with Gasteiger partial charge in [0.2, 0.25) is 0 Å². The lowest BCUT2D eigenvalue weighted by Crippen LogP contribution is -2.37. The number of halogens is 1. The fraction of sp³-hybridized carbons (Fsp3) is 0.652. The summed E-state index contributed by atoms with van der Waals surface area (Å²) < 4.78 is 20.2. The molecule has 0 N–H and O–H groups in total. The van der Waals surface area contributed by atoms with Gasteiger partial charge in [-0.05, 0) is 61.7 Å². The molecule has 1 amide bonds. The van der Waals surface area contributed by atoms with Gasteiger partial charge in [0, 0.05) is 27.3 Å². The van der Waals surface area contributed by atoms with E-state index in [2.05, 4.69) is 40.1 Å². The lowest BCUT2D eigenvalue weighted by molar-refractivity contribution is 0.0205. The normalized spacial score (nSPS) is 17.2. The van der Waals surface area contributed by atoms with Crippen molar-refractivity contribution >= 4 is 41.1 Å². The van der Waals surface area contributed by atoms with Crippen molar-refractivity contribution in [3.05, 3.63) is 22.4 Å². The van der Waals surface area contributed by atoms with Crippen LogP contribution in [0.4, 0.5) is 4.79 Å². The molecule has 0 aliphatic carbocycles. The molecule has 1 aromatic heterocycles. The van der Waals surface area contributed by atoms with Crippen LogP contribution >= 0.6 is 15.9 Å². The number of methoxy groups -OCH3 is 1. The third-order valence-electron chi connectivity index (χ3n) is 5.45. The number of amides is 1. The van der Waals surface area contributed by atoms with E-state index in [0.717, 1.165) is 46.0 Å². The molecular weight excluding hydrogens is 490 g/mol. The van der Waals surface area contributed by atoms with Gasteiger partial charge in [0.05, 0.1) is 28.7 Å². The summed E-state index contributed by atoms with van der Waals surface area (Å²) >= 11 is 3.56. The maximum atomic E-state index is 12.9. The van der Waals surface area contributed by atoms with Gasteiger partial charge in [0.25, 0.3) is 0 Å². The fourth-order valence-corrected chi connectivity index (χ4v) is 5.05. The molecule has 7 nitrogen and oxygen atoms in total. The molecule has 3 rings (SSSR count). The van der Waals surface area contributed by atoms with Crippen LogP contribution in [-0.2, 0) is 16.2 Å². The molecule has 2 aromatic rings. The fourth-order valence-electron chi connectivity index (χ4n) is 3.80. The van der Waals surface area contributed by atoms with Gasteiger partial charge in [0.15, 0.2) is 0 Å². The number of ether oxygens (including phenoxy) is 3. The first kappa shape index (κ1) is 25.0. The van der Waals surface area contributed by atoms with Gasteiger partial charge in [-0.3, -0.25) is 4.90 Å². The zero-order valence-electron chi connectivity index (χ0n) is 20.3. The minimum atomic E-state index is -1.19. The molecule has 1 atom stereocenters. The number of benzene rings is 1. The number of aromatic nitrogens is 2. The highest BCUT2D eigenvalue weighted by atomic mass is 79.9. The zero-order valence-corrected chi connectivity index (χ0v) is 22.9. The van der Waals surface area contributed by atoms with Gasteiger partial charge >= 0.3 is 6.09 Å². The predicted octanol–water partition coefficient (Wildman–Crippen LogP) is 6.19. The molecule has 0 bridgehead atoms. The van der Waals surface area contributed by atoms with Crippen LogP contribution in [0.5, 0.6) is 5.75 Å². The molecule has 9 heteroatoms. The van der Waals surface area contributed by atoms with E-state index in [4.69, 9.17) is 19.2 Å². The zero-order chi connectivity index (χ0) is 23.7. The molecule has 2 heterocycles. The van der Waals surface area contributed by atoms with Crippen LogP contribution in [0.25, 0.3) is 11.0 Å². The molecular formula is C23H36BrN3O4Si. The number of hydrogen-bond donors (Lipinski definition) is 0. The Morgan fingerprint density at radius 1 is 1.28 bits per heavy atom. The Labute approximate surface area is 200 Å². The maximum absolute atomic E-state index is 12.9. The van der Waals surface area contributed by atoms with Gasteiger partial charge in [-0.15, -0.1) is 0 Å². The Bertz CT molecular complexity index is 965. The van der Waals surface area contributed by atoms with Crippen molar-refractivity contribution in [2.75, 3.05) is 20.3 Å². The summed E-state index contributed by atoms with van der Waals surface area (Å²) in [6.07, 6.45) is 1.46. The van der Waals surface area contributed by atoms with Crippen molar-refractivity contribution in [2.24, 2.45) is 0 Å². The molecule has 178 valence electrons. The highest BCUT2D eigenvalue weighted by Crippen LogP contribution is 2.37. The number of carbonyl (C=O) groups excluding carboxylic acids is 1. The molecule has 1 aliphatic heterocycles. The summed E-state index contributed by atoms with van der Waals surface area (Å²) in [6, 6.07) is 4.88. The van der Waals surface area contributed by atoms with Crippen molar-refractivity contribution in [3.63, 3.8) is 0 Å². The number of likely N-dealkylation sites (tertiary alicyclic amines) is 1. The van der Waals surface area contributed by atoms with Crippen LogP contribution in [0.1, 0.15) is 45.5 Å². The van der Waals surface area contributed by atoms with E-state index in [1.54, 1.807) is 12.0 Å². The van der Waals surface area contributed by atoms with E-state index in [1.165, 1.54) is 0 Å². The van der Waals surface area contributed by atoms with Crippen LogP contribution in [0.15, 0.2) is 16.6 Å². The average molecular weight is 527 g/mol. The van der Waals surface area contributed by atoms with E-state index >= 15 is 0 Å². The summed E-state index contributed by atoms with van der Waals surface area (Å²) in [7, 11) is 0.463. The minimum absolute atomic E-state index is 0.150. The number of fused-ring (bicyclic) bond motifs is 1. The molecule has 1 aromatic carbocycles. The molecule has 0 saturated carbocycles. The van der Waals surface area contributed by atoms with Gasteiger partial charge < -0.3 is 18.8 Å². The van der Waals surface area contributed by atoms with Crippen LogP contribution in [0, 0.1) is 0 Å². The van der Waals surface area contributed by atoms with Crippen LogP contribution in [0.3, 0.4) is 0 Å². The average Bonchev–Trinajstić information content (AvgIpc) is 3.26. The second-order valence-electron chi connectivity index (χ2n) is 10.6. The quantitative estimate of drug-likeness (QED) is 0.318. The number of carbonyl (C=O) groups is 1. The number of imidazole rings is 1. The first-order chi connectivity index (χ1) is 14.9. The van der Waals surface area contributed by atoms with E-state index in [1.807, 2.05) is 32.9 Å². The summed E-state index contributed by atoms with van der Waals surface area (Å²) in [4.78, 5) is 19.7. The Kier molecular flexibility index (Phi) is 7.61. The van der Waals surface area contributed by atoms with E-state index in [-0.39, 0.29) is 12.1 Å². The molecule has 0 spiro atoms. The van der Waals surface area contributed by atoms with Crippen molar-refractivity contribution in [1.29, 1.82) is 0 Å². The molecule has 1 fully saturated rings. The second-order valence-corrected chi connectivity index (χ2v) is 17.0. The molecule has 1 unspecified atom stereocenters. The molecule has 1 saturated heterocycles. The monoisotopic (exact) mass is 525 g/mol. The second kappa shape index (κ2) is 9.73. The Hall–Kier alpha value is -1.58. The lowest BCUT2D eigenvalue weighted by atomic mass is 10.2. The maximum Gasteiger partial charge on any atom is 0.410 e. The lowest BCUT2D eigenvalue weighted by Gasteiger charge is -2.28. The summed E-state index contributed by atoms with van der Waals surface area (Å²) in [5.41, 5.74) is 1.24. The Balaban J connectivity index is 1.96. The van der Waals surface area contributed by atoms with Gasteiger partial charge in [-0.1, -0.05) is 19.6 Å². The standard InChI is InChI=1S/C23H36BrN3O4Si/c1-23(2,3)31-22(28)26-10-8-9-18(26)21-25-17-13-16(24)20(29-4)14-19(17)27(21)15-30-11-12-32(5,6)7/h13-14,18H,8-12,15H2,1-7H3. The highest BCUT2D eigenvalue weighted by molar-refractivity contribution is 9.10. The Morgan fingerprint density at radius 2 is 2.00 bits per heavy atom. The van der Waals surface area contributed by atoms with Gasteiger partial charge in [-0.2, -0.15) is 0 Å².